The van der Waals surface area contributed by atoms with Crippen LogP contribution < -0.4 is 0 Å². The first-order valence-electron chi connectivity index (χ1n) is 10.4. The lowest BCUT2D eigenvalue weighted by molar-refractivity contribution is -0.122. The normalized spacial score (nSPS) is 14.9. The van der Waals surface area contributed by atoms with Crippen molar-refractivity contribution < 1.29 is 24.2 Å². The summed E-state index contributed by atoms with van der Waals surface area (Å²) in [6, 6.07) is 16.0. The Bertz CT molecular complexity index is 1260. The number of hydrogen-bond acceptors (Lipinski definition) is 6. The van der Waals surface area contributed by atoms with Gasteiger partial charge in [-0.1, -0.05) is 61.2 Å². The Labute approximate surface area is 200 Å². The molecule has 0 spiro atoms. The van der Waals surface area contributed by atoms with Crippen LogP contribution in [-0.4, -0.2) is 37.9 Å². The van der Waals surface area contributed by atoms with Gasteiger partial charge in [0.05, 0.1) is 4.91 Å². The third kappa shape index (κ3) is 5.02. The van der Waals surface area contributed by atoms with E-state index in [2.05, 4.69) is 31.2 Å². The van der Waals surface area contributed by atoms with Gasteiger partial charge in [0.1, 0.15) is 27.2 Å². The predicted molar refractivity (Wildman–Crippen MR) is 132 cm³/mol. The molecule has 1 aliphatic rings. The van der Waals surface area contributed by atoms with Crippen LogP contribution in [0, 0.1) is 0 Å². The Kier molecular flexibility index (Phi) is 6.67. The maximum atomic E-state index is 12.9. The number of carboxylic acids is 1. The molecule has 3 aromatic rings. The second-order valence-corrected chi connectivity index (χ2v) is 9.17. The van der Waals surface area contributed by atoms with E-state index in [1.54, 1.807) is 29.2 Å². The first kappa shape index (κ1) is 22.8. The summed E-state index contributed by atoms with van der Waals surface area (Å²) in [5.41, 5.74) is 2.77. The minimum Gasteiger partial charge on any atom is -0.507 e. The average Bonchev–Trinajstić information content (AvgIpc) is 3.37. The summed E-state index contributed by atoms with van der Waals surface area (Å²) in [5, 5.41) is 19.0. The fourth-order valence-electron chi connectivity index (χ4n) is 3.46. The summed E-state index contributed by atoms with van der Waals surface area (Å²) in [6.45, 7) is 2.62. The molecule has 4 rings (SSSR count). The number of amides is 1. The molecule has 1 fully saturated rings. The summed E-state index contributed by atoms with van der Waals surface area (Å²) in [7, 11) is 0. The van der Waals surface area contributed by atoms with Crippen molar-refractivity contribution in [1.82, 2.24) is 4.90 Å². The van der Waals surface area contributed by atoms with Crippen LogP contribution in [0.25, 0.3) is 17.4 Å². The van der Waals surface area contributed by atoms with Gasteiger partial charge in [-0.3, -0.25) is 9.69 Å². The highest BCUT2D eigenvalue weighted by Crippen LogP contribution is 2.34. The maximum Gasteiger partial charge on any atom is 0.339 e. The minimum atomic E-state index is -1.21. The van der Waals surface area contributed by atoms with Crippen LogP contribution in [-0.2, 0) is 17.6 Å². The van der Waals surface area contributed by atoms with Crippen molar-refractivity contribution in [3.63, 3.8) is 0 Å². The number of furan rings is 1. The molecule has 1 amide bonds. The smallest absolute Gasteiger partial charge is 0.339 e. The van der Waals surface area contributed by atoms with Crippen LogP contribution in [0.2, 0.25) is 0 Å². The van der Waals surface area contributed by atoms with E-state index in [4.69, 9.17) is 21.7 Å². The van der Waals surface area contributed by atoms with Gasteiger partial charge >= 0.3 is 5.97 Å². The number of aromatic carboxylic acids is 1. The molecule has 1 aliphatic heterocycles. The number of benzene rings is 2. The van der Waals surface area contributed by atoms with E-state index in [-0.39, 0.29) is 17.2 Å². The van der Waals surface area contributed by atoms with Gasteiger partial charge in [0.2, 0.25) is 0 Å². The first-order chi connectivity index (χ1) is 15.9. The molecule has 2 heterocycles. The van der Waals surface area contributed by atoms with Crippen LogP contribution in [0.1, 0.15) is 34.2 Å². The van der Waals surface area contributed by atoms with Gasteiger partial charge in [0.25, 0.3) is 5.91 Å². The number of rotatable bonds is 7. The third-order valence-corrected chi connectivity index (χ3v) is 6.72. The Morgan fingerprint density at radius 3 is 2.52 bits per heavy atom. The van der Waals surface area contributed by atoms with E-state index >= 15 is 0 Å². The molecule has 0 unspecified atom stereocenters. The molecular weight excluding hydrogens is 458 g/mol. The number of carbonyl (C=O) groups is 2. The lowest BCUT2D eigenvalue weighted by atomic mass is 10.1. The predicted octanol–water partition coefficient (Wildman–Crippen LogP) is 5.36. The van der Waals surface area contributed by atoms with Crippen LogP contribution in [0.5, 0.6) is 5.75 Å². The Morgan fingerprint density at radius 1 is 1.12 bits per heavy atom. The van der Waals surface area contributed by atoms with Crippen molar-refractivity contribution in [3.05, 3.63) is 82.0 Å². The Hall–Kier alpha value is -3.36. The second kappa shape index (κ2) is 9.64. The summed E-state index contributed by atoms with van der Waals surface area (Å²) >= 11 is 6.65. The molecule has 0 atom stereocenters. The summed E-state index contributed by atoms with van der Waals surface area (Å²) < 4.78 is 6.31. The molecule has 6 nitrogen and oxygen atoms in total. The molecule has 2 aromatic carbocycles. The molecule has 1 aromatic heterocycles. The van der Waals surface area contributed by atoms with E-state index in [9.17, 15) is 14.7 Å². The number of carbonyl (C=O) groups excluding carboxylic acids is 1. The van der Waals surface area contributed by atoms with Crippen molar-refractivity contribution in [3.8, 4) is 17.1 Å². The van der Waals surface area contributed by atoms with Crippen molar-refractivity contribution in [2.45, 2.75) is 19.8 Å². The zero-order valence-corrected chi connectivity index (χ0v) is 19.4. The molecule has 2 N–H and O–H groups in total. The number of phenols is 1. The summed E-state index contributed by atoms with van der Waals surface area (Å²) in [5.74, 6) is -0.805. The average molecular weight is 480 g/mol. The molecule has 0 aliphatic carbocycles. The number of thiocarbonyl (C=S) groups is 1. The van der Waals surface area contributed by atoms with Crippen LogP contribution in [0.3, 0.4) is 0 Å². The van der Waals surface area contributed by atoms with Crippen molar-refractivity contribution in [2.75, 3.05) is 6.54 Å². The molecule has 1 saturated heterocycles. The van der Waals surface area contributed by atoms with Gasteiger partial charge in [-0.15, -0.1) is 0 Å². The molecule has 0 bridgehead atoms. The standard InChI is InChI=1S/C25H21NO5S2/c1-2-15-3-5-16(6-4-15)11-12-26-23(28)22(33-25(26)32)14-18-8-10-21(31-18)17-7-9-19(24(29)30)20(27)13-17/h3-10,13-14,27H,2,11-12H2,1H3,(H,29,30)/b22-14-. The van der Waals surface area contributed by atoms with Gasteiger partial charge in [0, 0.05) is 18.2 Å². The molecule has 8 heteroatoms. The molecule has 168 valence electrons. The van der Waals surface area contributed by atoms with Crippen molar-refractivity contribution in [1.29, 1.82) is 0 Å². The van der Waals surface area contributed by atoms with Crippen molar-refractivity contribution >= 4 is 46.3 Å². The van der Waals surface area contributed by atoms with Gasteiger partial charge in [-0.05, 0) is 48.2 Å². The summed E-state index contributed by atoms with van der Waals surface area (Å²) in [6.07, 6.45) is 3.35. The Balaban J connectivity index is 1.46. The van der Waals surface area contributed by atoms with E-state index in [0.29, 0.717) is 39.3 Å². The number of aromatic hydroxyl groups is 1. The maximum absolute atomic E-state index is 12.9. The highest BCUT2D eigenvalue weighted by molar-refractivity contribution is 8.26. The zero-order valence-electron chi connectivity index (χ0n) is 17.8. The van der Waals surface area contributed by atoms with Gasteiger partial charge in [-0.2, -0.15) is 0 Å². The number of aryl methyl sites for hydroxylation is 1. The van der Waals surface area contributed by atoms with Gasteiger partial charge in [0.15, 0.2) is 0 Å². The SMILES string of the molecule is CCc1ccc(CCN2C(=O)/C(=C/c3ccc(-c4ccc(C(=O)O)c(O)c4)o3)SC2=S)cc1. The molecule has 0 saturated carbocycles. The zero-order chi connectivity index (χ0) is 23.5. The fourth-order valence-corrected chi connectivity index (χ4v) is 4.74. The van der Waals surface area contributed by atoms with Crippen LogP contribution in [0.4, 0.5) is 0 Å². The number of hydrogen-bond donors (Lipinski definition) is 2. The number of thioether (sulfide) groups is 1. The van der Waals surface area contributed by atoms with E-state index < -0.39 is 5.97 Å². The fraction of sp³-hybridized carbons (Fsp3) is 0.160. The minimum absolute atomic E-state index is 0.156. The second-order valence-electron chi connectivity index (χ2n) is 7.49. The Morgan fingerprint density at radius 2 is 1.85 bits per heavy atom. The lowest BCUT2D eigenvalue weighted by Crippen LogP contribution is -2.30. The van der Waals surface area contributed by atoms with E-state index in [1.807, 2.05) is 0 Å². The third-order valence-electron chi connectivity index (χ3n) is 5.34. The highest BCUT2D eigenvalue weighted by Gasteiger charge is 2.32. The first-order valence-corrected chi connectivity index (χ1v) is 11.6. The molecule has 33 heavy (non-hydrogen) atoms. The summed E-state index contributed by atoms with van der Waals surface area (Å²) in [4.78, 5) is 26.0. The molecule has 0 radical (unpaired) electrons. The van der Waals surface area contributed by atoms with Gasteiger partial charge < -0.3 is 14.6 Å². The highest BCUT2D eigenvalue weighted by atomic mass is 32.2. The topological polar surface area (TPSA) is 91.0 Å². The molecular formula is C25H21NO5S2. The van der Waals surface area contributed by atoms with E-state index in [1.165, 1.54) is 29.5 Å². The van der Waals surface area contributed by atoms with Crippen molar-refractivity contribution in [2.24, 2.45) is 0 Å². The number of carboxylic acid groups (broad SMARTS) is 1. The van der Waals surface area contributed by atoms with Gasteiger partial charge in [-0.25, -0.2) is 4.79 Å². The monoisotopic (exact) mass is 479 g/mol. The van der Waals surface area contributed by atoms with E-state index in [0.717, 1.165) is 12.0 Å². The lowest BCUT2D eigenvalue weighted by Gasteiger charge is -2.14. The number of nitrogens with zero attached hydrogens (tertiary/aromatic N) is 1. The van der Waals surface area contributed by atoms with Crippen LogP contribution in [0.15, 0.2) is 63.9 Å². The van der Waals surface area contributed by atoms with Crippen LogP contribution >= 0.6 is 24.0 Å². The largest absolute Gasteiger partial charge is 0.507 e. The quantitative estimate of drug-likeness (QED) is 0.348.